The van der Waals surface area contributed by atoms with Crippen molar-refractivity contribution in [3.8, 4) is 0 Å². The van der Waals surface area contributed by atoms with Crippen LogP contribution in [0.25, 0.3) is 10.9 Å². The lowest BCUT2D eigenvalue weighted by molar-refractivity contribution is 0.710. The van der Waals surface area contributed by atoms with Gasteiger partial charge < -0.3 is 10.7 Å². The van der Waals surface area contributed by atoms with E-state index in [1.165, 1.54) is 0 Å². The van der Waals surface area contributed by atoms with Crippen LogP contribution in [0.15, 0.2) is 29.2 Å². The Labute approximate surface area is 145 Å². The summed E-state index contributed by atoms with van der Waals surface area (Å²) in [6.45, 7) is 2.64. The molecule has 0 spiro atoms. The van der Waals surface area contributed by atoms with Gasteiger partial charge in [-0.3, -0.25) is 14.9 Å². The van der Waals surface area contributed by atoms with E-state index in [1.807, 2.05) is 18.2 Å². The molecule has 0 amide bonds. The van der Waals surface area contributed by atoms with Crippen LogP contribution in [0, 0.1) is 5.41 Å². The molecule has 0 aliphatic carbocycles. The molecule has 4 N–H and O–H groups in total. The van der Waals surface area contributed by atoms with E-state index in [0.29, 0.717) is 30.2 Å². The molecule has 3 aromatic rings. The van der Waals surface area contributed by atoms with E-state index >= 15 is 0 Å². The van der Waals surface area contributed by atoms with Crippen molar-refractivity contribution in [2.75, 3.05) is 5.32 Å². The average Bonchev–Trinajstić information content (AvgIpc) is 3.09. The van der Waals surface area contributed by atoms with Crippen molar-refractivity contribution in [1.29, 1.82) is 5.41 Å². The number of H-pyrrole nitrogens is 2. The quantitative estimate of drug-likeness (QED) is 0.374. The van der Waals surface area contributed by atoms with Crippen molar-refractivity contribution in [3.63, 3.8) is 0 Å². The Balaban J connectivity index is 1.74. The summed E-state index contributed by atoms with van der Waals surface area (Å²) in [4.78, 5) is 19.5. The second-order valence-electron chi connectivity index (χ2n) is 6.02. The molecule has 7 nitrogen and oxygen atoms in total. The van der Waals surface area contributed by atoms with Crippen LogP contribution in [0.5, 0.6) is 0 Å². The highest BCUT2D eigenvalue weighted by atomic mass is 16.1. The van der Waals surface area contributed by atoms with Crippen molar-refractivity contribution >= 4 is 23.1 Å². The third kappa shape index (κ3) is 3.93. The fraction of sp³-hybridized carbons (Fsp3) is 0.333. The Hall–Kier alpha value is -2.96. The minimum absolute atomic E-state index is 0.169. The highest BCUT2D eigenvalue weighted by molar-refractivity contribution is 5.78. The van der Waals surface area contributed by atoms with E-state index < -0.39 is 0 Å². The van der Waals surface area contributed by atoms with Gasteiger partial charge in [-0.25, -0.2) is 4.98 Å². The summed E-state index contributed by atoms with van der Waals surface area (Å²) in [5.41, 5.74) is 2.90. The molecule has 0 saturated heterocycles. The summed E-state index contributed by atoms with van der Waals surface area (Å²) >= 11 is 0. The Morgan fingerprint density at radius 3 is 3.00 bits per heavy atom. The molecule has 0 unspecified atom stereocenters. The van der Waals surface area contributed by atoms with Crippen LogP contribution in [-0.4, -0.2) is 26.4 Å². The molecule has 0 aliphatic heterocycles. The molecule has 0 saturated carbocycles. The number of nitrogens with one attached hydrogen (secondary N) is 4. The van der Waals surface area contributed by atoms with E-state index in [2.05, 4.69) is 32.4 Å². The second-order valence-corrected chi connectivity index (χ2v) is 6.02. The third-order valence-electron chi connectivity index (χ3n) is 4.18. The van der Waals surface area contributed by atoms with Crippen LogP contribution < -0.4 is 10.9 Å². The number of fused-ring (bicyclic) bond motifs is 1. The lowest BCUT2D eigenvalue weighted by atomic mass is 10.1. The SMILES string of the molecule is CCCCCc1c(C=N)nc(NCc2ccc3[nH]ncc3c2)[nH]c1=O. The molecule has 130 valence electrons. The number of hydrogen-bond donors (Lipinski definition) is 4. The topological polar surface area (TPSA) is 110 Å². The first-order valence-corrected chi connectivity index (χ1v) is 8.50. The molecule has 0 radical (unpaired) electrons. The number of aromatic amines is 2. The van der Waals surface area contributed by atoms with Crippen LogP contribution in [0.4, 0.5) is 5.95 Å². The molecule has 0 atom stereocenters. The zero-order valence-electron chi connectivity index (χ0n) is 14.2. The third-order valence-corrected chi connectivity index (χ3v) is 4.18. The summed E-state index contributed by atoms with van der Waals surface area (Å²) < 4.78 is 0. The number of hydrogen-bond acceptors (Lipinski definition) is 5. The first kappa shape index (κ1) is 16.9. The predicted octanol–water partition coefficient (Wildman–Crippen LogP) is 2.99. The largest absolute Gasteiger partial charge is 0.352 e. The summed E-state index contributed by atoms with van der Waals surface area (Å²) in [7, 11) is 0. The van der Waals surface area contributed by atoms with Crippen molar-refractivity contribution in [1.82, 2.24) is 20.2 Å². The Morgan fingerprint density at radius 1 is 1.32 bits per heavy atom. The lowest BCUT2D eigenvalue weighted by Gasteiger charge is -2.09. The van der Waals surface area contributed by atoms with Gasteiger partial charge in [0.25, 0.3) is 5.56 Å². The molecular formula is C18H22N6O. The highest BCUT2D eigenvalue weighted by Crippen LogP contribution is 2.14. The molecule has 2 aromatic heterocycles. The molecule has 25 heavy (non-hydrogen) atoms. The van der Waals surface area contributed by atoms with Gasteiger partial charge in [0, 0.05) is 23.7 Å². The zero-order valence-corrected chi connectivity index (χ0v) is 14.2. The Bertz CT molecular complexity index is 927. The van der Waals surface area contributed by atoms with Crippen LogP contribution in [0.2, 0.25) is 0 Å². The molecule has 0 bridgehead atoms. The highest BCUT2D eigenvalue weighted by Gasteiger charge is 2.10. The van der Waals surface area contributed by atoms with Gasteiger partial charge in [-0.2, -0.15) is 5.10 Å². The molecule has 0 aliphatic rings. The maximum absolute atomic E-state index is 12.3. The standard InChI is InChI=1S/C18H22N6O/c1-2-3-4-5-14-16(9-19)22-18(23-17(14)25)20-10-12-6-7-15-13(8-12)11-21-24-15/h6-9,11,19H,2-5,10H2,1H3,(H,21,24)(H2,20,22,23,25). The van der Waals surface area contributed by atoms with Crippen LogP contribution in [0.3, 0.4) is 0 Å². The van der Waals surface area contributed by atoms with E-state index in [1.54, 1.807) is 6.20 Å². The monoisotopic (exact) mass is 338 g/mol. The van der Waals surface area contributed by atoms with E-state index in [-0.39, 0.29) is 5.56 Å². The van der Waals surface area contributed by atoms with Gasteiger partial charge >= 0.3 is 0 Å². The number of anilines is 1. The molecule has 7 heteroatoms. The number of aromatic nitrogens is 4. The van der Waals surface area contributed by atoms with Crippen molar-refractivity contribution in [2.24, 2.45) is 0 Å². The maximum Gasteiger partial charge on any atom is 0.256 e. The van der Waals surface area contributed by atoms with E-state index in [0.717, 1.165) is 41.9 Å². The fourth-order valence-corrected chi connectivity index (χ4v) is 2.80. The second kappa shape index (κ2) is 7.74. The lowest BCUT2D eigenvalue weighted by Crippen LogP contribution is -2.20. The number of nitrogens with zero attached hydrogens (tertiary/aromatic N) is 2. The predicted molar refractivity (Wildman–Crippen MR) is 99.4 cm³/mol. The Morgan fingerprint density at radius 2 is 2.20 bits per heavy atom. The average molecular weight is 338 g/mol. The summed E-state index contributed by atoms with van der Waals surface area (Å²) in [5.74, 6) is 0.384. The van der Waals surface area contributed by atoms with Crippen molar-refractivity contribution in [2.45, 2.75) is 39.2 Å². The van der Waals surface area contributed by atoms with Gasteiger partial charge in [0.05, 0.1) is 17.4 Å². The zero-order chi connectivity index (χ0) is 17.6. The van der Waals surface area contributed by atoms with E-state index in [9.17, 15) is 4.79 Å². The van der Waals surface area contributed by atoms with E-state index in [4.69, 9.17) is 5.41 Å². The first-order chi connectivity index (χ1) is 12.2. The van der Waals surface area contributed by atoms with Gasteiger partial charge in [0.2, 0.25) is 5.95 Å². The van der Waals surface area contributed by atoms with Crippen molar-refractivity contribution < 1.29 is 0 Å². The molecule has 1 aromatic carbocycles. The first-order valence-electron chi connectivity index (χ1n) is 8.50. The normalized spacial score (nSPS) is 10.9. The fourth-order valence-electron chi connectivity index (χ4n) is 2.80. The van der Waals surface area contributed by atoms with Gasteiger partial charge in [0.15, 0.2) is 0 Å². The summed E-state index contributed by atoms with van der Waals surface area (Å²) in [5, 5.41) is 18.6. The molecule has 2 heterocycles. The van der Waals surface area contributed by atoms with Crippen LogP contribution >= 0.6 is 0 Å². The van der Waals surface area contributed by atoms with Crippen LogP contribution in [0.1, 0.15) is 43.0 Å². The Kier molecular flexibility index (Phi) is 5.23. The summed E-state index contributed by atoms with van der Waals surface area (Å²) in [6, 6.07) is 5.98. The van der Waals surface area contributed by atoms with Gasteiger partial charge in [-0.05, 0) is 30.5 Å². The summed E-state index contributed by atoms with van der Waals surface area (Å²) in [6.07, 6.45) is 6.66. The van der Waals surface area contributed by atoms with Gasteiger partial charge in [-0.15, -0.1) is 0 Å². The smallest absolute Gasteiger partial charge is 0.256 e. The molecule has 3 rings (SSSR count). The number of benzene rings is 1. The van der Waals surface area contributed by atoms with Gasteiger partial charge in [0.1, 0.15) is 0 Å². The van der Waals surface area contributed by atoms with Crippen molar-refractivity contribution in [3.05, 3.63) is 51.6 Å². The van der Waals surface area contributed by atoms with Crippen LogP contribution in [-0.2, 0) is 13.0 Å². The minimum atomic E-state index is -0.169. The molecular weight excluding hydrogens is 316 g/mol. The molecule has 0 fully saturated rings. The van der Waals surface area contributed by atoms with Gasteiger partial charge in [-0.1, -0.05) is 25.8 Å². The number of rotatable bonds is 8. The number of unbranched alkanes of at least 4 members (excludes halogenated alkanes) is 2. The maximum atomic E-state index is 12.3. The minimum Gasteiger partial charge on any atom is -0.352 e.